The molecule has 0 amide bonds. The van der Waals surface area contributed by atoms with E-state index < -0.39 is 11.6 Å². The number of hydrogen-bond donors (Lipinski definition) is 0. The van der Waals surface area contributed by atoms with Gasteiger partial charge in [-0.25, -0.2) is 0 Å². The molecule has 0 aliphatic heterocycles. The minimum Gasteiger partial charge on any atom is -0.285 e. The normalized spacial score (nSPS) is 18.2. The minimum absolute atomic E-state index is 0.430. The standard InChI is InChI=1S/C22H16Br2O2/c23-19-9-5-15(6-10-19)13-17-3-1-2-4-18(22(26)21(17)25)14-16-7-11-20(24)12-8-16/h1-2,5-14H,3-4H2/b2-1?,17-13+,18-14+. The van der Waals surface area contributed by atoms with Gasteiger partial charge in [-0.1, -0.05) is 68.3 Å². The molecule has 0 aromatic heterocycles. The van der Waals surface area contributed by atoms with Crippen LogP contribution in [0.2, 0.25) is 0 Å². The number of Topliss-reactive ketones (excluding diaryl/α,β-unsaturated/α-hetero) is 2. The van der Waals surface area contributed by atoms with Gasteiger partial charge >= 0.3 is 0 Å². The van der Waals surface area contributed by atoms with Crippen molar-refractivity contribution in [2.45, 2.75) is 12.8 Å². The molecule has 0 heterocycles. The van der Waals surface area contributed by atoms with Crippen molar-refractivity contribution in [1.82, 2.24) is 0 Å². The summed E-state index contributed by atoms with van der Waals surface area (Å²) in [4.78, 5) is 25.4. The van der Waals surface area contributed by atoms with Gasteiger partial charge in [0.2, 0.25) is 11.6 Å². The summed E-state index contributed by atoms with van der Waals surface area (Å²) in [5, 5.41) is 0. The summed E-state index contributed by atoms with van der Waals surface area (Å²) in [6, 6.07) is 15.3. The Kier molecular flexibility index (Phi) is 6.17. The monoisotopic (exact) mass is 470 g/mol. The Morgan fingerprint density at radius 1 is 0.615 bits per heavy atom. The number of carbonyl (C=O) groups excluding carboxylic acids is 2. The highest BCUT2D eigenvalue weighted by Crippen LogP contribution is 2.22. The summed E-state index contributed by atoms with van der Waals surface area (Å²) in [6.07, 6.45) is 8.41. The van der Waals surface area contributed by atoms with E-state index in [1.807, 2.05) is 60.7 Å². The first kappa shape index (κ1) is 18.7. The van der Waals surface area contributed by atoms with Crippen molar-refractivity contribution in [2.24, 2.45) is 0 Å². The van der Waals surface area contributed by atoms with Crippen molar-refractivity contribution in [3.63, 3.8) is 0 Å². The van der Waals surface area contributed by atoms with Gasteiger partial charge in [0.05, 0.1) is 0 Å². The van der Waals surface area contributed by atoms with Crippen molar-refractivity contribution < 1.29 is 9.59 Å². The Hall–Kier alpha value is -2.04. The van der Waals surface area contributed by atoms with E-state index in [1.54, 1.807) is 12.2 Å². The predicted octanol–water partition coefficient (Wildman–Crippen LogP) is 6.17. The maximum atomic E-state index is 12.7. The third kappa shape index (κ3) is 4.77. The molecule has 4 heteroatoms. The van der Waals surface area contributed by atoms with Crippen LogP contribution in [0, 0.1) is 0 Å². The lowest BCUT2D eigenvalue weighted by atomic mass is 9.92. The number of halogens is 2. The quantitative estimate of drug-likeness (QED) is 0.298. The summed E-state index contributed by atoms with van der Waals surface area (Å²) in [5.74, 6) is -0.860. The van der Waals surface area contributed by atoms with Gasteiger partial charge in [-0.3, -0.25) is 9.59 Å². The average Bonchev–Trinajstić information content (AvgIpc) is 2.64. The smallest absolute Gasteiger partial charge is 0.229 e. The number of hydrogen-bond acceptors (Lipinski definition) is 2. The first-order chi connectivity index (χ1) is 12.5. The number of ketones is 2. The van der Waals surface area contributed by atoms with Gasteiger partial charge in [-0.05, 0) is 60.4 Å². The topological polar surface area (TPSA) is 34.1 Å². The second-order valence-electron chi connectivity index (χ2n) is 5.98. The van der Waals surface area contributed by atoms with Crippen LogP contribution in [0.4, 0.5) is 0 Å². The minimum atomic E-state index is -0.430. The molecule has 0 radical (unpaired) electrons. The van der Waals surface area contributed by atoms with Crippen LogP contribution in [-0.2, 0) is 9.59 Å². The van der Waals surface area contributed by atoms with Crippen molar-refractivity contribution >= 4 is 55.6 Å². The Morgan fingerprint density at radius 3 is 1.31 bits per heavy atom. The number of allylic oxidation sites excluding steroid dienone is 4. The highest BCUT2D eigenvalue weighted by Gasteiger charge is 2.23. The molecular weight excluding hydrogens is 456 g/mol. The van der Waals surface area contributed by atoms with E-state index in [4.69, 9.17) is 0 Å². The Bertz CT molecular complexity index is 840. The molecule has 0 spiro atoms. The SMILES string of the molecule is O=C1C(=O)/C(=C/c2ccc(Br)cc2)CC=CC/C1=C\c1ccc(Br)cc1. The molecule has 2 aromatic rings. The molecule has 0 saturated heterocycles. The van der Waals surface area contributed by atoms with E-state index in [1.165, 1.54) is 0 Å². The molecule has 0 saturated carbocycles. The summed E-state index contributed by atoms with van der Waals surface area (Å²) >= 11 is 6.79. The maximum absolute atomic E-state index is 12.7. The van der Waals surface area contributed by atoms with Crippen LogP contribution < -0.4 is 0 Å². The lowest BCUT2D eigenvalue weighted by Gasteiger charge is -2.10. The first-order valence-corrected chi connectivity index (χ1v) is 9.78. The van der Waals surface area contributed by atoms with Crippen LogP contribution in [0.25, 0.3) is 12.2 Å². The molecule has 0 bridgehead atoms. The van der Waals surface area contributed by atoms with Gasteiger partial charge < -0.3 is 0 Å². The molecule has 1 aliphatic rings. The first-order valence-electron chi connectivity index (χ1n) is 8.19. The lowest BCUT2D eigenvalue weighted by Crippen LogP contribution is -2.19. The predicted molar refractivity (Wildman–Crippen MR) is 113 cm³/mol. The average molecular weight is 472 g/mol. The molecule has 2 nitrogen and oxygen atoms in total. The highest BCUT2D eigenvalue weighted by atomic mass is 79.9. The van der Waals surface area contributed by atoms with Gasteiger partial charge in [-0.15, -0.1) is 0 Å². The van der Waals surface area contributed by atoms with E-state index in [0.29, 0.717) is 24.0 Å². The van der Waals surface area contributed by atoms with Crippen LogP contribution in [0.3, 0.4) is 0 Å². The summed E-state index contributed by atoms with van der Waals surface area (Å²) in [6.45, 7) is 0. The molecule has 26 heavy (non-hydrogen) atoms. The van der Waals surface area contributed by atoms with Crippen LogP contribution in [0.15, 0.2) is 80.8 Å². The third-order valence-corrected chi connectivity index (χ3v) is 5.11. The van der Waals surface area contributed by atoms with E-state index in [9.17, 15) is 9.59 Å². The maximum Gasteiger partial charge on any atom is 0.229 e. The van der Waals surface area contributed by atoms with Gasteiger partial charge in [0, 0.05) is 20.1 Å². The number of benzene rings is 2. The lowest BCUT2D eigenvalue weighted by molar-refractivity contribution is -0.132. The number of carbonyl (C=O) groups is 2. The van der Waals surface area contributed by atoms with Crippen molar-refractivity contribution in [2.75, 3.05) is 0 Å². The molecule has 0 fully saturated rings. The Morgan fingerprint density at radius 2 is 0.962 bits per heavy atom. The van der Waals surface area contributed by atoms with Crippen molar-refractivity contribution in [1.29, 1.82) is 0 Å². The highest BCUT2D eigenvalue weighted by molar-refractivity contribution is 9.10. The zero-order valence-corrected chi connectivity index (χ0v) is 17.1. The summed E-state index contributed by atoms with van der Waals surface area (Å²) in [5.41, 5.74) is 2.82. The van der Waals surface area contributed by atoms with E-state index in [0.717, 1.165) is 20.1 Å². The Labute approximate surface area is 169 Å². The van der Waals surface area contributed by atoms with E-state index >= 15 is 0 Å². The van der Waals surface area contributed by atoms with Gasteiger partial charge in [0.1, 0.15) is 0 Å². The van der Waals surface area contributed by atoms with Crippen molar-refractivity contribution in [3.8, 4) is 0 Å². The van der Waals surface area contributed by atoms with Crippen LogP contribution in [-0.4, -0.2) is 11.6 Å². The van der Waals surface area contributed by atoms with Crippen LogP contribution in [0.1, 0.15) is 24.0 Å². The second-order valence-corrected chi connectivity index (χ2v) is 7.81. The molecule has 130 valence electrons. The van der Waals surface area contributed by atoms with Gasteiger partial charge in [0.25, 0.3) is 0 Å². The van der Waals surface area contributed by atoms with E-state index in [2.05, 4.69) is 31.9 Å². The zero-order chi connectivity index (χ0) is 18.5. The molecule has 0 unspecified atom stereocenters. The Balaban J connectivity index is 1.91. The molecule has 2 aromatic carbocycles. The molecule has 0 atom stereocenters. The van der Waals surface area contributed by atoms with E-state index in [-0.39, 0.29) is 0 Å². The third-order valence-electron chi connectivity index (χ3n) is 4.05. The fourth-order valence-electron chi connectivity index (χ4n) is 2.67. The molecule has 0 N–H and O–H groups in total. The second kappa shape index (κ2) is 8.56. The van der Waals surface area contributed by atoms with Crippen LogP contribution >= 0.6 is 31.9 Å². The molecular formula is C22H16Br2O2. The largest absolute Gasteiger partial charge is 0.285 e. The number of rotatable bonds is 2. The summed E-state index contributed by atoms with van der Waals surface area (Å²) in [7, 11) is 0. The van der Waals surface area contributed by atoms with Gasteiger partial charge in [-0.2, -0.15) is 0 Å². The molecule has 3 rings (SSSR count). The summed E-state index contributed by atoms with van der Waals surface area (Å²) < 4.78 is 1.94. The fraction of sp³-hybridized carbons (Fsp3) is 0.0909. The van der Waals surface area contributed by atoms with Crippen LogP contribution in [0.5, 0.6) is 0 Å². The fourth-order valence-corrected chi connectivity index (χ4v) is 3.20. The zero-order valence-electron chi connectivity index (χ0n) is 13.9. The molecule has 1 aliphatic carbocycles. The van der Waals surface area contributed by atoms with Gasteiger partial charge in [0.15, 0.2) is 0 Å². The van der Waals surface area contributed by atoms with Crippen molar-refractivity contribution in [3.05, 3.63) is 91.9 Å².